The first-order valence-electron chi connectivity index (χ1n) is 9.76. The molecule has 0 bridgehead atoms. The zero-order valence-electron chi connectivity index (χ0n) is 16.9. The Bertz CT molecular complexity index is 799. The van der Waals surface area contributed by atoms with Gasteiger partial charge in [-0.15, -0.1) is 0 Å². The Labute approximate surface area is 167 Å². The number of esters is 1. The molecule has 0 aromatic heterocycles. The van der Waals surface area contributed by atoms with E-state index < -0.39 is 16.0 Å². The second kappa shape index (κ2) is 10.0. The van der Waals surface area contributed by atoms with Crippen molar-refractivity contribution in [1.82, 2.24) is 9.62 Å². The summed E-state index contributed by atoms with van der Waals surface area (Å²) in [5.74, 6) is -0.606. The summed E-state index contributed by atoms with van der Waals surface area (Å²) in [6.45, 7) is 6.94. The molecule has 8 heteroatoms. The molecule has 7 nitrogen and oxygen atoms in total. The third-order valence-electron chi connectivity index (χ3n) is 4.76. The van der Waals surface area contributed by atoms with Crippen LogP contribution in [0.5, 0.6) is 0 Å². The number of carbonyl (C=O) groups is 2. The van der Waals surface area contributed by atoms with Gasteiger partial charge in [-0.1, -0.05) is 26.3 Å². The second-order valence-corrected chi connectivity index (χ2v) is 9.49. The van der Waals surface area contributed by atoms with Crippen LogP contribution in [0.1, 0.15) is 55.5 Å². The maximum Gasteiger partial charge on any atom is 0.338 e. The molecule has 0 unspecified atom stereocenters. The minimum absolute atomic E-state index is 0.0772. The van der Waals surface area contributed by atoms with Crippen LogP contribution in [0.15, 0.2) is 23.1 Å². The largest absolute Gasteiger partial charge is 0.452 e. The number of rotatable bonds is 8. The Balaban J connectivity index is 2.04. The quantitative estimate of drug-likeness (QED) is 0.665. The molecule has 1 saturated heterocycles. The van der Waals surface area contributed by atoms with Crippen LogP contribution in [0.2, 0.25) is 0 Å². The van der Waals surface area contributed by atoms with E-state index in [9.17, 15) is 18.0 Å². The van der Waals surface area contributed by atoms with E-state index in [4.69, 9.17) is 4.74 Å². The lowest BCUT2D eigenvalue weighted by Gasteiger charge is -2.26. The van der Waals surface area contributed by atoms with Crippen LogP contribution in [0.4, 0.5) is 0 Å². The molecule has 1 aliphatic heterocycles. The van der Waals surface area contributed by atoms with Gasteiger partial charge in [0.2, 0.25) is 10.0 Å². The number of benzene rings is 1. The van der Waals surface area contributed by atoms with Gasteiger partial charge in [0.15, 0.2) is 6.61 Å². The first-order chi connectivity index (χ1) is 13.2. The number of sulfonamides is 1. The fourth-order valence-electron chi connectivity index (χ4n) is 3.00. The summed E-state index contributed by atoms with van der Waals surface area (Å²) in [6, 6.07) is 4.45. The molecule has 0 atom stereocenters. The zero-order chi connectivity index (χ0) is 20.7. The Morgan fingerprint density at radius 3 is 2.50 bits per heavy atom. The number of nitrogens with one attached hydrogen (secondary N) is 1. The van der Waals surface area contributed by atoms with E-state index in [0.717, 1.165) is 25.7 Å². The van der Waals surface area contributed by atoms with Gasteiger partial charge in [0.1, 0.15) is 0 Å². The molecule has 0 spiro atoms. The zero-order valence-corrected chi connectivity index (χ0v) is 17.7. The van der Waals surface area contributed by atoms with Crippen molar-refractivity contribution in [2.75, 3.05) is 26.2 Å². The second-order valence-electron chi connectivity index (χ2n) is 7.55. The van der Waals surface area contributed by atoms with Crippen LogP contribution < -0.4 is 5.32 Å². The van der Waals surface area contributed by atoms with E-state index in [2.05, 4.69) is 19.2 Å². The molecule has 2 rings (SSSR count). The molecule has 1 heterocycles. The molecule has 1 N–H and O–H groups in total. The Morgan fingerprint density at radius 2 is 1.86 bits per heavy atom. The van der Waals surface area contributed by atoms with E-state index in [1.54, 1.807) is 13.0 Å². The van der Waals surface area contributed by atoms with Gasteiger partial charge < -0.3 is 10.1 Å². The highest BCUT2D eigenvalue weighted by atomic mass is 32.2. The number of nitrogens with zero attached hydrogens (tertiary/aromatic N) is 1. The van der Waals surface area contributed by atoms with Crippen LogP contribution in [-0.4, -0.2) is 50.8 Å². The average Bonchev–Trinajstić information content (AvgIpc) is 2.66. The van der Waals surface area contributed by atoms with E-state index in [1.807, 2.05) is 0 Å². The SMILES string of the molecule is Cc1ccc(S(=O)(=O)N2CCCCC2)cc1C(=O)OCC(=O)NCCC(C)C. The Hall–Kier alpha value is -1.93. The first-order valence-corrected chi connectivity index (χ1v) is 11.2. The molecule has 1 aromatic rings. The molecule has 1 amide bonds. The molecular weight excluding hydrogens is 380 g/mol. The standard InChI is InChI=1S/C20H30N2O5S/c1-15(2)9-10-21-19(23)14-27-20(24)18-13-17(8-7-16(18)3)28(25,26)22-11-5-4-6-12-22/h7-8,13,15H,4-6,9-12,14H2,1-3H3,(H,21,23). The molecule has 1 aliphatic rings. The molecule has 156 valence electrons. The number of hydrogen-bond donors (Lipinski definition) is 1. The van der Waals surface area contributed by atoms with Crippen molar-refractivity contribution in [2.45, 2.75) is 51.3 Å². The van der Waals surface area contributed by atoms with Gasteiger partial charge in [0.25, 0.3) is 5.91 Å². The van der Waals surface area contributed by atoms with Crippen LogP contribution in [0.3, 0.4) is 0 Å². The van der Waals surface area contributed by atoms with Crippen LogP contribution >= 0.6 is 0 Å². The number of hydrogen-bond acceptors (Lipinski definition) is 5. The minimum atomic E-state index is -3.64. The lowest BCUT2D eigenvalue weighted by Crippen LogP contribution is -2.35. The smallest absolute Gasteiger partial charge is 0.338 e. The number of ether oxygens (including phenoxy) is 1. The van der Waals surface area contributed by atoms with Gasteiger partial charge in [-0.3, -0.25) is 4.79 Å². The molecule has 1 fully saturated rings. The summed E-state index contributed by atoms with van der Waals surface area (Å²) < 4.78 is 32.2. The fraction of sp³-hybridized carbons (Fsp3) is 0.600. The topological polar surface area (TPSA) is 92.8 Å². The highest BCUT2D eigenvalue weighted by molar-refractivity contribution is 7.89. The number of piperidine rings is 1. The molecule has 1 aromatic carbocycles. The van der Waals surface area contributed by atoms with Crippen LogP contribution in [0.25, 0.3) is 0 Å². The maximum absolute atomic E-state index is 12.8. The molecule has 0 saturated carbocycles. The maximum atomic E-state index is 12.8. The van der Waals surface area contributed by atoms with E-state index in [0.29, 0.717) is 31.1 Å². The highest BCUT2D eigenvalue weighted by Gasteiger charge is 2.27. The van der Waals surface area contributed by atoms with Crippen molar-refractivity contribution >= 4 is 21.9 Å². The van der Waals surface area contributed by atoms with Gasteiger partial charge in [-0.25, -0.2) is 13.2 Å². The third kappa shape index (κ3) is 6.04. The van der Waals surface area contributed by atoms with Crippen molar-refractivity contribution in [3.8, 4) is 0 Å². The monoisotopic (exact) mass is 410 g/mol. The van der Waals surface area contributed by atoms with Gasteiger partial charge in [0.05, 0.1) is 10.5 Å². The number of carbonyl (C=O) groups excluding carboxylic acids is 2. The summed E-state index contributed by atoms with van der Waals surface area (Å²) in [4.78, 5) is 24.3. The molecule has 0 radical (unpaired) electrons. The molecule has 28 heavy (non-hydrogen) atoms. The van der Waals surface area contributed by atoms with Crippen LogP contribution in [0, 0.1) is 12.8 Å². The van der Waals surface area contributed by atoms with Crippen molar-refractivity contribution in [2.24, 2.45) is 5.92 Å². The Kier molecular flexibility index (Phi) is 8.00. The summed E-state index contributed by atoms with van der Waals surface area (Å²) in [5.41, 5.74) is 0.760. The first kappa shape index (κ1) is 22.4. The highest BCUT2D eigenvalue weighted by Crippen LogP contribution is 2.23. The van der Waals surface area contributed by atoms with E-state index >= 15 is 0 Å². The summed E-state index contributed by atoms with van der Waals surface area (Å²) in [5, 5.41) is 2.70. The molecule has 0 aliphatic carbocycles. The fourth-order valence-corrected chi connectivity index (χ4v) is 4.54. The third-order valence-corrected chi connectivity index (χ3v) is 6.65. The van der Waals surface area contributed by atoms with E-state index in [1.165, 1.54) is 16.4 Å². The summed E-state index contributed by atoms with van der Waals surface area (Å²) in [7, 11) is -3.64. The lowest BCUT2D eigenvalue weighted by atomic mass is 10.1. The predicted molar refractivity (Wildman–Crippen MR) is 107 cm³/mol. The van der Waals surface area contributed by atoms with Gasteiger partial charge in [-0.2, -0.15) is 4.31 Å². The number of amides is 1. The Morgan fingerprint density at radius 1 is 1.18 bits per heavy atom. The average molecular weight is 411 g/mol. The van der Waals surface area contributed by atoms with Gasteiger partial charge in [0, 0.05) is 19.6 Å². The van der Waals surface area contributed by atoms with Gasteiger partial charge in [-0.05, 0) is 49.8 Å². The summed E-state index contributed by atoms with van der Waals surface area (Å²) in [6.07, 6.45) is 3.55. The predicted octanol–water partition coefficient (Wildman–Crippen LogP) is 2.49. The van der Waals surface area contributed by atoms with Crippen molar-refractivity contribution in [3.05, 3.63) is 29.3 Å². The minimum Gasteiger partial charge on any atom is -0.452 e. The summed E-state index contributed by atoms with van der Waals surface area (Å²) >= 11 is 0. The molecular formula is C20H30N2O5S. The normalized spacial score (nSPS) is 15.4. The van der Waals surface area contributed by atoms with E-state index in [-0.39, 0.29) is 23.0 Å². The van der Waals surface area contributed by atoms with Crippen molar-refractivity contribution in [3.63, 3.8) is 0 Å². The lowest BCUT2D eigenvalue weighted by molar-refractivity contribution is -0.124. The van der Waals surface area contributed by atoms with Crippen molar-refractivity contribution in [1.29, 1.82) is 0 Å². The number of aryl methyl sites for hydroxylation is 1. The van der Waals surface area contributed by atoms with Gasteiger partial charge >= 0.3 is 5.97 Å². The van der Waals surface area contributed by atoms with Crippen LogP contribution in [-0.2, 0) is 19.6 Å². The van der Waals surface area contributed by atoms with Crippen molar-refractivity contribution < 1.29 is 22.7 Å².